The van der Waals surface area contributed by atoms with E-state index in [-0.39, 0.29) is 63.6 Å². The Balaban J connectivity index is 1.52. The van der Waals surface area contributed by atoms with Crippen LogP contribution in [0.4, 0.5) is 9.39 Å². The molecule has 0 radical (unpaired) electrons. The summed E-state index contributed by atoms with van der Waals surface area (Å²) < 4.78 is 67.4. The van der Waals surface area contributed by atoms with Gasteiger partial charge in [0.15, 0.2) is 5.84 Å². The first-order valence-electron chi connectivity index (χ1n) is 12.3. The van der Waals surface area contributed by atoms with Crippen LogP contribution < -0.4 is 5.32 Å². The van der Waals surface area contributed by atoms with Crippen molar-refractivity contribution in [3.63, 3.8) is 0 Å². The van der Waals surface area contributed by atoms with Crippen LogP contribution in [0.5, 0.6) is 0 Å². The van der Waals surface area contributed by atoms with Crippen molar-refractivity contribution in [1.29, 1.82) is 0 Å². The standard InChI is InChI=1S/C25H28FN3O6S3/c1-14-11-15(7-8-18(14)26)12-29-19-6-4-3-5-17(19)21(30)20(25(29)31)23-27-24-22(38(34,35)28-23)16(13-36-24)9-10-37(2,32)33/h7-8,11,13,17,19,30H,3-6,9-10,12H2,1-2H3,(H,27,28). The number of hydrogen-bond acceptors (Lipinski definition) is 8. The number of nitrogens with zero attached hydrogens (tertiary/aromatic N) is 2. The fourth-order valence-electron chi connectivity index (χ4n) is 5.43. The molecule has 1 aliphatic carbocycles. The lowest BCUT2D eigenvalue weighted by Crippen LogP contribution is -2.52. The summed E-state index contributed by atoms with van der Waals surface area (Å²) in [4.78, 5) is 15.4. The van der Waals surface area contributed by atoms with Gasteiger partial charge in [-0.05, 0) is 54.3 Å². The molecule has 204 valence electrons. The van der Waals surface area contributed by atoms with Gasteiger partial charge < -0.3 is 15.3 Å². The van der Waals surface area contributed by atoms with Crippen LogP contribution in [0.2, 0.25) is 0 Å². The van der Waals surface area contributed by atoms with Gasteiger partial charge in [-0.2, -0.15) is 8.42 Å². The topological polar surface area (TPSA) is 133 Å². The molecule has 0 saturated heterocycles. The van der Waals surface area contributed by atoms with Crippen LogP contribution in [0.1, 0.15) is 42.4 Å². The van der Waals surface area contributed by atoms with Crippen molar-refractivity contribution in [3.05, 3.63) is 57.4 Å². The summed E-state index contributed by atoms with van der Waals surface area (Å²) in [6.45, 7) is 1.82. The van der Waals surface area contributed by atoms with Gasteiger partial charge in [0.2, 0.25) is 0 Å². The number of thiophene rings is 1. The van der Waals surface area contributed by atoms with E-state index >= 15 is 0 Å². The molecule has 2 aliphatic heterocycles. The zero-order valence-electron chi connectivity index (χ0n) is 20.9. The molecule has 2 N–H and O–H groups in total. The minimum atomic E-state index is -4.28. The Bertz CT molecular complexity index is 1590. The van der Waals surface area contributed by atoms with Gasteiger partial charge in [-0.15, -0.1) is 15.7 Å². The fraction of sp³-hybridized carbons (Fsp3) is 0.440. The Morgan fingerprint density at radius 1 is 1.26 bits per heavy atom. The molecule has 2 unspecified atom stereocenters. The molecule has 1 fully saturated rings. The van der Waals surface area contributed by atoms with E-state index in [2.05, 4.69) is 9.71 Å². The number of sulfone groups is 1. The van der Waals surface area contributed by atoms with Crippen molar-refractivity contribution < 1.29 is 31.1 Å². The van der Waals surface area contributed by atoms with Gasteiger partial charge >= 0.3 is 0 Å². The highest BCUT2D eigenvalue weighted by atomic mass is 32.2. The number of benzene rings is 1. The average molecular weight is 582 g/mol. The van der Waals surface area contributed by atoms with Crippen LogP contribution in [-0.2, 0) is 37.6 Å². The number of aliphatic hydroxyl groups is 1. The Morgan fingerprint density at radius 2 is 2.00 bits per heavy atom. The second-order valence-corrected chi connectivity index (χ2v) is 14.8. The number of halogens is 1. The smallest absolute Gasteiger partial charge is 0.287 e. The van der Waals surface area contributed by atoms with Crippen LogP contribution in [0.3, 0.4) is 0 Å². The van der Waals surface area contributed by atoms with E-state index in [1.807, 2.05) is 0 Å². The Hall–Kier alpha value is -2.77. The van der Waals surface area contributed by atoms with Crippen LogP contribution in [-0.4, -0.2) is 56.6 Å². The summed E-state index contributed by atoms with van der Waals surface area (Å²) in [6.07, 6.45) is 4.15. The number of aryl methyl sites for hydroxylation is 2. The minimum absolute atomic E-state index is 0.0118. The minimum Gasteiger partial charge on any atom is -0.511 e. The number of carbonyl (C=O) groups excluding carboxylic acids is 1. The first-order valence-corrected chi connectivity index (χ1v) is 16.6. The van der Waals surface area contributed by atoms with Crippen LogP contribution in [0.15, 0.2) is 44.2 Å². The summed E-state index contributed by atoms with van der Waals surface area (Å²) in [5.74, 6) is -1.91. The second-order valence-electron chi connectivity index (χ2n) is 10.1. The molecule has 1 aromatic carbocycles. The summed E-state index contributed by atoms with van der Waals surface area (Å²) in [5, 5.41) is 16.0. The molecule has 9 nitrogen and oxygen atoms in total. The number of aliphatic hydroxyl groups excluding tert-OH is 1. The largest absolute Gasteiger partial charge is 0.511 e. The van der Waals surface area contributed by atoms with E-state index in [0.717, 1.165) is 36.0 Å². The highest BCUT2D eigenvalue weighted by Gasteiger charge is 2.46. The molecule has 38 heavy (non-hydrogen) atoms. The summed E-state index contributed by atoms with van der Waals surface area (Å²) in [7, 11) is -7.59. The SMILES string of the molecule is Cc1cc(CN2C(=O)C(C3=NS(=O)(=O)c4c(CCS(C)(=O)=O)csc4N3)=C(O)C3CCCCC32)ccc1F. The Labute approximate surface area is 225 Å². The van der Waals surface area contributed by atoms with Crippen molar-refractivity contribution in [3.8, 4) is 0 Å². The summed E-state index contributed by atoms with van der Waals surface area (Å²) in [6, 6.07) is 4.37. The molecule has 13 heteroatoms. The van der Waals surface area contributed by atoms with Crippen molar-refractivity contribution in [2.45, 2.75) is 56.5 Å². The second kappa shape index (κ2) is 9.76. The van der Waals surface area contributed by atoms with E-state index in [0.29, 0.717) is 24.0 Å². The number of rotatable bonds is 6. The number of amidine groups is 1. The van der Waals surface area contributed by atoms with Gasteiger partial charge in [0.1, 0.15) is 36.9 Å². The highest BCUT2D eigenvalue weighted by Crippen LogP contribution is 2.42. The molecular weight excluding hydrogens is 553 g/mol. The van der Waals surface area contributed by atoms with Crippen LogP contribution in [0.25, 0.3) is 0 Å². The highest BCUT2D eigenvalue weighted by molar-refractivity contribution is 7.91. The monoisotopic (exact) mass is 581 g/mol. The van der Waals surface area contributed by atoms with Gasteiger partial charge in [-0.25, -0.2) is 12.8 Å². The van der Waals surface area contributed by atoms with Crippen molar-refractivity contribution >= 4 is 47.9 Å². The van der Waals surface area contributed by atoms with Gasteiger partial charge in [0.25, 0.3) is 15.9 Å². The zero-order chi connectivity index (χ0) is 27.4. The molecule has 5 rings (SSSR count). The molecule has 1 aromatic heterocycles. The van der Waals surface area contributed by atoms with Crippen molar-refractivity contribution in [2.24, 2.45) is 10.3 Å². The zero-order valence-corrected chi connectivity index (χ0v) is 23.3. The molecule has 1 amide bonds. The van der Waals surface area contributed by atoms with E-state index in [1.165, 1.54) is 6.07 Å². The van der Waals surface area contributed by atoms with E-state index in [1.54, 1.807) is 29.3 Å². The number of hydrogen-bond donors (Lipinski definition) is 2. The molecule has 1 saturated carbocycles. The maximum Gasteiger partial charge on any atom is 0.287 e. The summed E-state index contributed by atoms with van der Waals surface area (Å²) >= 11 is 1.07. The van der Waals surface area contributed by atoms with E-state index < -0.39 is 25.8 Å². The van der Waals surface area contributed by atoms with Gasteiger partial charge in [0.05, 0.1) is 5.75 Å². The Morgan fingerprint density at radius 3 is 2.71 bits per heavy atom. The molecule has 2 aromatic rings. The predicted molar refractivity (Wildman–Crippen MR) is 143 cm³/mol. The van der Waals surface area contributed by atoms with Crippen LogP contribution in [0, 0.1) is 18.7 Å². The number of nitrogens with one attached hydrogen (secondary N) is 1. The number of carbonyl (C=O) groups is 1. The fourth-order valence-corrected chi connectivity index (χ4v) is 8.69. The molecule has 0 bridgehead atoms. The van der Waals surface area contributed by atoms with Gasteiger partial charge in [0, 0.05) is 24.8 Å². The van der Waals surface area contributed by atoms with Crippen molar-refractivity contribution in [2.75, 3.05) is 17.3 Å². The van der Waals surface area contributed by atoms with Gasteiger partial charge in [-0.1, -0.05) is 25.0 Å². The number of sulfonamides is 1. The first-order chi connectivity index (χ1) is 17.9. The third kappa shape index (κ3) is 4.98. The number of anilines is 1. The normalized spacial score (nSPS) is 23.0. The third-order valence-electron chi connectivity index (χ3n) is 7.28. The lowest BCUT2D eigenvalue weighted by Gasteiger charge is -2.44. The van der Waals surface area contributed by atoms with Gasteiger partial charge in [-0.3, -0.25) is 4.79 Å². The predicted octanol–water partition coefficient (Wildman–Crippen LogP) is 3.71. The molecule has 3 aliphatic rings. The molecule has 2 atom stereocenters. The molecular formula is C25H28FN3O6S3. The average Bonchev–Trinajstić information content (AvgIpc) is 3.26. The van der Waals surface area contributed by atoms with E-state index in [4.69, 9.17) is 0 Å². The quantitative estimate of drug-likeness (QED) is 0.531. The number of fused-ring (bicyclic) bond motifs is 2. The molecule has 3 heterocycles. The first kappa shape index (κ1) is 26.8. The third-order valence-corrected chi connectivity index (χ3v) is 10.7. The Kier molecular flexibility index (Phi) is 6.89. The maximum absolute atomic E-state index is 13.9. The summed E-state index contributed by atoms with van der Waals surface area (Å²) in [5.41, 5.74) is 1.32. The number of amides is 1. The van der Waals surface area contributed by atoms with Crippen LogP contribution >= 0.6 is 11.3 Å². The van der Waals surface area contributed by atoms with Crippen molar-refractivity contribution in [1.82, 2.24) is 4.90 Å². The maximum atomic E-state index is 13.9. The van der Waals surface area contributed by atoms with E-state index in [9.17, 15) is 31.1 Å². The lowest BCUT2D eigenvalue weighted by molar-refractivity contribution is -0.133. The molecule has 0 spiro atoms. The lowest BCUT2D eigenvalue weighted by atomic mass is 9.78.